The van der Waals surface area contributed by atoms with Gasteiger partial charge in [0.25, 0.3) is 0 Å². The lowest BCUT2D eigenvalue weighted by molar-refractivity contribution is 0.0928. The molecule has 3 atom stereocenters. The van der Waals surface area contributed by atoms with Gasteiger partial charge in [-0.2, -0.15) is 0 Å². The lowest BCUT2D eigenvalue weighted by atomic mass is 9.89. The number of hydrogen-bond acceptors (Lipinski definition) is 2. The summed E-state index contributed by atoms with van der Waals surface area (Å²) in [7, 11) is 0. The lowest BCUT2D eigenvalue weighted by Gasteiger charge is -2.25. The largest absolute Gasteiger partial charge is 0.375 e. The average molecular weight is 322 g/mol. The molecule has 4 heteroatoms. The van der Waals surface area contributed by atoms with Gasteiger partial charge in [-0.3, -0.25) is 4.90 Å². The molecule has 2 heterocycles. The van der Waals surface area contributed by atoms with Crippen molar-refractivity contribution in [2.75, 3.05) is 11.4 Å². The van der Waals surface area contributed by atoms with Crippen molar-refractivity contribution in [3.63, 3.8) is 0 Å². The Bertz CT molecular complexity index is 650. The third-order valence-corrected chi connectivity index (χ3v) is 4.98. The molecule has 0 aliphatic carbocycles. The van der Waals surface area contributed by atoms with Crippen LogP contribution in [0.25, 0.3) is 0 Å². The zero-order valence-electron chi connectivity index (χ0n) is 13.6. The van der Waals surface area contributed by atoms with Crippen molar-refractivity contribution in [2.24, 2.45) is 5.92 Å². The van der Waals surface area contributed by atoms with E-state index in [1.165, 1.54) is 6.42 Å². The van der Waals surface area contributed by atoms with Gasteiger partial charge in [0.1, 0.15) is 0 Å². The molecule has 2 aromatic carbocycles. The van der Waals surface area contributed by atoms with E-state index in [0.717, 1.165) is 24.2 Å². The maximum Gasteiger partial charge on any atom is 0.326 e. The molecule has 2 aromatic rings. The summed E-state index contributed by atoms with van der Waals surface area (Å²) in [5, 5.41) is 3.11. The Labute approximate surface area is 142 Å². The zero-order chi connectivity index (χ0) is 16.4. The first kappa shape index (κ1) is 15.2. The van der Waals surface area contributed by atoms with Crippen LogP contribution in [0, 0.1) is 5.92 Å². The highest BCUT2D eigenvalue weighted by molar-refractivity contribution is 5.99. The number of urea groups is 1. The van der Waals surface area contributed by atoms with Crippen molar-refractivity contribution in [1.29, 1.82) is 0 Å². The number of fused-ring (bicyclic) bond motifs is 2. The first-order valence-corrected chi connectivity index (χ1v) is 8.65. The summed E-state index contributed by atoms with van der Waals surface area (Å²) in [6.07, 6.45) is 4.12. The maximum atomic E-state index is 12.9. The molecule has 1 N–H and O–H groups in total. The quantitative estimate of drug-likeness (QED) is 0.920. The Morgan fingerprint density at radius 2 is 1.62 bits per heavy atom. The molecular formula is C20H22N2O2. The Kier molecular flexibility index (Phi) is 4.22. The van der Waals surface area contributed by atoms with Gasteiger partial charge in [0.15, 0.2) is 0 Å². The van der Waals surface area contributed by atoms with Crippen LogP contribution in [-0.2, 0) is 4.74 Å². The summed E-state index contributed by atoms with van der Waals surface area (Å²) in [6, 6.07) is 19.4. The number of hydrogen-bond donors (Lipinski definition) is 1. The van der Waals surface area contributed by atoms with E-state index in [9.17, 15) is 4.79 Å². The molecule has 124 valence electrons. The topological polar surface area (TPSA) is 41.6 Å². The number of anilines is 2. The molecule has 24 heavy (non-hydrogen) atoms. The highest BCUT2D eigenvalue weighted by Crippen LogP contribution is 2.38. The molecule has 2 saturated heterocycles. The van der Waals surface area contributed by atoms with Crippen LogP contribution in [0.1, 0.15) is 19.3 Å². The van der Waals surface area contributed by atoms with Gasteiger partial charge >= 0.3 is 6.03 Å². The number of amides is 2. The van der Waals surface area contributed by atoms with Gasteiger partial charge < -0.3 is 10.1 Å². The van der Waals surface area contributed by atoms with Crippen molar-refractivity contribution in [3.05, 3.63) is 60.7 Å². The first-order chi connectivity index (χ1) is 11.8. The number of carbonyl (C=O) groups excluding carboxylic acids is 1. The number of carbonyl (C=O) groups is 1. The Hall–Kier alpha value is -2.33. The van der Waals surface area contributed by atoms with Gasteiger partial charge in [0.05, 0.1) is 23.6 Å². The highest BCUT2D eigenvalue weighted by atomic mass is 16.5. The Morgan fingerprint density at radius 3 is 2.12 bits per heavy atom. The molecule has 0 aromatic heterocycles. The van der Waals surface area contributed by atoms with Crippen LogP contribution >= 0.6 is 0 Å². The zero-order valence-corrected chi connectivity index (χ0v) is 13.6. The average Bonchev–Trinajstić information content (AvgIpc) is 3.25. The number of rotatable bonds is 4. The molecular weight excluding hydrogens is 300 g/mol. The van der Waals surface area contributed by atoms with E-state index < -0.39 is 0 Å². The molecule has 4 nitrogen and oxygen atoms in total. The van der Waals surface area contributed by atoms with E-state index in [1.807, 2.05) is 60.7 Å². The van der Waals surface area contributed by atoms with Gasteiger partial charge in [-0.15, -0.1) is 0 Å². The summed E-state index contributed by atoms with van der Waals surface area (Å²) >= 11 is 0. The molecule has 2 aliphatic heterocycles. The summed E-state index contributed by atoms with van der Waals surface area (Å²) in [5.41, 5.74) is 1.73. The third-order valence-electron chi connectivity index (χ3n) is 4.98. The van der Waals surface area contributed by atoms with Crippen LogP contribution < -0.4 is 10.2 Å². The number of benzene rings is 2. The number of nitrogens with one attached hydrogen (secondary N) is 1. The van der Waals surface area contributed by atoms with Crippen LogP contribution in [-0.4, -0.2) is 24.8 Å². The van der Waals surface area contributed by atoms with Crippen LogP contribution in [0.3, 0.4) is 0 Å². The van der Waals surface area contributed by atoms with Gasteiger partial charge in [0, 0.05) is 12.5 Å². The summed E-state index contributed by atoms with van der Waals surface area (Å²) in [6.45, 7) is 0.677. The summed E-state index contributed by atoms with van der Waals surface area (Å²) in [4.78, 5) is 14.6. The monoisotopic (exact) mass is 322 g/mol. The van der Waals surface area contributed by atoms with Gasteiger partial charge in [-0.05, 0) is 43.5 Å². The Balaban J connectivity index is 1.49. The van der Waals surface area contributed by atoms with E-state index >= 15 is 0 Å². The van der Waals surface area contributed by atoms with Gasteiger partial charge in [0.2, 0.25) is 0 Å². The predicted octanol–water partition coefficient (Wildman–Crippen LogP) is 4.10. The van der Waals surface area contributed by atoms with E-state index in [0.29, 0.717) is 24.7 Å². The van der Waals surface area contributed by atoms with E-state index in [4.69, 9.17) is 4.74 Å². The van der Waals surface area contributed by atoms with Crippen molar-refractivity contribution in [2.45, 2.75) is 31.5 Å². The van der Waals surface area contributed by atoms with Crippen LogP contribution in [0.2, 0.25) is 0 Å². The molecule has 2 bridgehead atoms. The molecule has 0 saturated carbocycles. The number of para-hydroxylation sites is 2. The van der Waals surface area contributed by atoms with E-state index in [1.54, 1.807) is 4.90 Å². The fourth-order valence-electron chi connectivity index (χ4n) is 3.79. The second-order valence-corrected chi connectivity index (χ2v) is 6.56. The van der Waals surface area contributed by atoms with Gasteiger partial charge in [-0.25, -0.2) is 4.79 Å². The molecule has 2 fully saturated rings. The van der Waals surface area contributed by atoms with Crippen LogP contribution in [0.15, 0.2) is 60.7 Å². The van der Waals surface area contributed by atoms with Crippen molar-refractivity contribution in [3.8, 4) is 0 Å². The maximum absolute atomic E-state index is 12.9. The molecule has 2 aliphatic rings. The normalized spacial score (nSPS) is 24.8. The van der Waals surface area contributed by atoms with Crippen LogP contribution in [0.5, 0.6) is 0 Å². The van der Waals surface area contributed by atoms with Crippen LogP contribution in [0.4, 0.5) is 16.2 Å². The van der Waals surface area contributed by atoms with Crippen molar-refractivity contribution in [1.82, 2.24) is 5.32 Å². The van der Waals surface area contributed by atoms with Crippen molar-refractivity contribution >= 4 is 17.4 Å². The second kappa shape index (κ2) is 6.65. The molecule has 2 amide bonds. The summed E-state index contributed by atoms with van der Waals surface area (Å²) < 4.78 is 5.88. The minimum absolute atomic E-state index is 0.0878. The molecule has 0 spiro atoms. The fraction of sp³-hybridized carbons (Fsp3) is 0.350. The third kappa shape index (κ3) is 3.02. The molecule has 0 unspecified atom stereocenters. The number of nitrogens with zero attached hydrogens (tertiary/aromatic N) is 1. The smallest absolute Gasteiger partial charge is 0.326 e. The SMILES string of the molecule is O=C(NC[C@@H]1C[C@H]2CC[C@H]1O2)N(c1ccccc1)c1ccccc1. The minimum atomic E-state index is -0.0878. The second-order valence-electron chi connectivity index (χ2n) is 6.56. The minimum Gasteiger partial charge on any atom is -0.375 e. The predicted molar refractivity (Wildman–Crippen MR) is 94.4 cm³/mol. The molecule has 4 rings (SSSR count). The lowest BCUT2D eigenvalue weighted by Crippen LogP contribution is -2.41. The highest BCUT2D eigenvalue weighted by Gasteiger charge is 2.40. The standard InChI is InChI=1S/C20H22N2O2/c23-20(21-14-15-13-18-11-12-19(15)24-18)22(16-7-3-1-4-8-16)17-9-5-2-6-10-17/h1-10,15,18-19H,11-14H2,(H,21,23)/t15-,18+,19+/m0/s1. The molecule has 0 radical (unpaired) electrons. The summed E-state index contributed by atoms with van der Waals surface area (Å²) in [5.74, 6) is 0.445. The van der Waals surface area contributed by atoms with E-state index in [2.05, 4.69) is 5.32 Å². The van der Waals surface area contributed by atoms with Crippen molar-refractivity contribution < 1.29 is 9.53 Å². The first-order valence-electron chi connectivity index (χ1n) is 8.65. The van der Waals surface area contributed by atoms with E-state index in [-0.39, 0.29) is 6.03 Å². The Morgan fingerprint density at radius 1 is 1.00 bits per heavy atom. The number of ether oxygens (including phenoxy) is 1. The van der Waals surface area contributed by atoms with Gasteiger partial charge in [-0.1, -0.05) is 36.4 Å². The fourth-order valence-corrected chi connectivity index (χ4v) is 3.79.